The molecule has 224 valence electrons. The van der Waals surface area contributed by atoms with Crippen LogP contribution in [0.4, 0.5) is 0 Å². The van der Waals surface area contributed by atoms with E-state index >= 15 is 0 Å². The minimum absolute atomic E-state index is 0.597. The van der Waals surface area contributed by atoms with Gasteiger partial charge in [-0.25, -0.2) is 0 Å². The average molecular weight is 617 g/mol. The Morgan fingerprint density at radius 2 is 1.02 bits per heavy atom. The summed E-state index contributed by atoms with van der Waals surface area (Å²) in [7, 11) is 0. The number of fused-ring (bicyclic) bond motifs is 15. The lowest BCUT2D eigenvalue weighted by Gasteiger charge is -2.07. The fourth-order valence-corrected chi connectivity index (χ4v) is 8.11. The fraction of sp³-hybridized carbons (Fsp3) is 0. The van der Waals surface area contributed by atoms with Crippen LogP contribution in [0.25, 0.3) is 94.5 Å². The van der Waals surface area contributed by atoms with Crippen LogP contribution in [0.2, 0.25) is 0 Å². The van der Waals surface area contributed by atoms with Crippen molar-refractivity contribution >= 4 is 83.1 Å². The molecule has 0 aliphatic carbocycles. The Morgan fingerprint density at radius 1 is 0.417 bits per heavy atom. The highest BCUT2D eigenvalue weighted by Crippen LogP contribution is 2.38. The van der Waals surface area contributed by atoms with Gasteiger partial charge in [0.1, 0.15) is 11.3 Å². The Balaban J connectivity index is 1.16. The van der Waals surface area contributed by atoms with Crippen LogP contribution in [0.3, 0.4) is 0 Å². The molecule has 6 aromatic carbocycles. The number of hydrogen-bond donors (Lipinski definition) is 0. The van der Waals surface area contributed by atoms with Crippen molar-refractivity contribution in [3.63, 3.8) is 0 Å². The van der Waals surface area contributed by atoms with Crippen LogP contribution in [0.5, 0.6) is 0 Å². The number of rotatable bonds is 2. The second-order valence-electron chi connectivity index (χ2n) is 12.6. The molecule has 0 aliphatic heterocycles. The van der Waals surface area contributed by atoms with Crippen molar-refractivity contribution in [2.24, 2.45) is 0 Å². The SMILES string of the molecule is c1ccc2c(c1)cc1n(-c3ccc4cc5n(-c6cccc7c6oc6nc8ccccc8n67)c6ccccc6n5c4c3)c3ccccc3n21. The average Bonchev–Trinajstić information content (AvgIpc) is 3.95. The quantitative estimate of drug-likeness (QED) is 0.194. The molecule has 48 heavy (non-hydrogen) atoms. The summed E-state index contributed by atoms with van der Waals surface area (Å²) in [6.07, 6.45) is 0. The number of para-hydroxylation sites is 8. The molecule has 12 rings (SSSR count). The molecule has 0 aliphatic rings. The van der Waals surface area contributed by atoms with E-state index in [0.717, 1.165) is 61.4 Å². The highest BCUT2D eigenvalue weighted by atomic mass is 16.4. The maximum Gasteiger partial charge on any atom is 0.307 e. The van der Waals surface area contributed by atoms with Gasteiger partial charge in [0.05, 0.1) is 55.3 Å². The van der Waals surface area contributed by atoms with Crippen molar-refractivity contribution in [2.75, 3.05) is 0 Å². The van der Waals surface area contributed by atoms with Gasteiger partial charge in [-0.2, -0.15) is 4.98 Å². The third-order valence-corrected chi connectivity index (χ3v) is 10.1. The standard InChI is InChI=1S/C41H24N6O/c1-3-12-29-25(10-1)22-38-43(31-14-5-6-15-32(31)44(29)38)27-21-20-26-23-39-45(33-16-7-8-17-34(33)46(39)37(26)24-27)35-18-9-19-36-40(35)48-41-42-28-11-2-4-13-30(28)47(36)41/h1-24H. The van der Waals surface area contributed by atoms with Crippen molar-refractivity contribution in [3.05, 3.63) is 146 Å². The zero-order valence-corrected chi connectivity index (χ0v) is 25.4. The first-order valence-electron chi connectivity index (χ1n) is 16.2. The number of oxazole rings is 1. The topological polar surface area (TPSA) is 49.1 Å². The summed E-state index contributed by atoms with van der Waals surface area (Å²) in [4.78, 5) is 4.80. The normalized spacial score (nSPS) is 12.6. The van der Waals surface area contributed by atoms with Gasteiger partial charge in [-0.05, 0) is 78.9 Å². The summed E-state index contributed by atoms with van der Waals surface area (Å²) in [6, 6.07) is 51.8. The Kier molecular flexibility index (Phi) is 4.36. The van der Waals surface area contributed by atoms with Gasteiger partial charge in [-0.15, -0.1) is 0 Å². The van der Waals surface area contributed by atoms with E-state index in [1.54, 1.807) is 0 Å². The molecule has 0 bridgehead atoms. The molecule has 0 fully saturated rings. The van der Waals surface area contributed by atoms with Crippen LogP contribution in [-0.2, 0) is 0 Å². The molecule has 0 unspecified atom stereocenters. The van der Waals surface area contributed by atoms with Gasteiger partial charge in [0.25, 0.3) is 0 Å². The van der Waals surface area contributed by atoms with Crippen molar-refractivity contribution < 1.29 is 4.42 Å². The first-order valence-corrected chi connectivity index (χ1v) is 16.2. The molecule has 0 saturated heterocycles. The summed E-state index contributed by atoms with van der Waals surface area (Å²) >= 11 is 0. The highest BCUT2D eigenvalue weighted by molar-refractivity contribution is 6.01. The molecule has 0 amide bonds. The van der Waals surface area contributed by atoms with Gasteiger partial charge in [0.15, 0.2) is 5.58 Å². The van der Waals surface area contributed by atoms with Crippen LogP contribution in [-0.4, -0.2) is 27.3 Å². The van der Waals surface area contributed by atoms with E-state index < -0.39 is 0 Å². The van der Waals surface area contributed by atoms with Crippen molar-refractivity contribution in [1.29, 1.82) is 0 Å². The van der Waals surface area contributed by atoms with E-state index in [1.807, 2.05) is 18.2 Å². The minimum Gasteiger partial charge on any atom is -0.421 e. The Bertz CT molecular complexity index is 3300. The number of hydrogen-bond acceptors (Lipinski definition) is 2. The molecule has 0 atom stereocenters. The first-order chi connectivity index (χ1) is 23.8. The smallest absolute Gasteiger partial charge is 0.307 e. The lowest BCUT2D eigenvalue weighted by molar-refractivity contribution is 0.641. The molecule has 0 spiro atoms. The van der Waals surface area contributed by atoms with Crippen LogP contribution in [0.15, 0.2) is 150 Å². The van der Waals surface area contributed by atoms with E-state index in [0.29, 0.717) is 5.84 Å². The first kappa shape index (κ1) is 24.5. The molecule has 0 N–H and O–H groups in total. The van der Waals surface area contributed by atoms with E-state index in [9.17, 15) is 0 Å². The Hall–Kier alpha value is -6.73. The second-order valence-corrected chi connectivity index (χ2v) is 12.6. The van der Waals surface area contributed by atoms with Gasteiger partial charge >= 0.3 is 5.84 Å². The van der Waals surface area contributed by atoms with Crippen LogP contribution >= 0.6 is 0 Å². The Labute approximate surface area is 271 Å². The lowest BCUT2D eigenvalue weighted by atomic mass is 10.2. The maximum atomic E-state index is 6.56. The van der Waals surface area contributed by atoms with Crippen LogP contribution in [0, 0.1) is 0 Å². The van der Waals surface area contributed by atoms with Gasteiger partial charge < -0.3 is 4.42 Å². The number of nitrogens with zero attached hydrogens (tertiary/aromatic N) is 6. The predicted molar refractivity (Wildman–Crippen MR) is 193 cm³/mol. The van der Waals surface area contributed by atoms with Crippen LogP contribution in [0.1, 0.15) is 0 Å². The summed E-state index contributed by atoms with van der Waals surface area (Å²) in [5.41, 5.74) is 15.1. The fourth-order valence-electron chi connectivity index (χ4n) is 8.11. The molecule has 7 heteroatoms. The lowest BCUT2D eigenvalue weighted by Crippen LogP contribution is -1.94. The van der Waals surface area contributed by atoms with Crippen molar-refractivity contribution in [2.45, 2.75) is 0 Å². The maximum absolute atomic E-state index is 6.56. The number of benzene rings is 6. The monoisotopic (exact) mass is 616 g/mol. The zero-order valence-electron chi connectivity index (χ0n) is 25.4. The molecule has 6 aromatic heterocycles. The Morgan fingerprint density at radius 3 is 1.83 bits per heavy atom. The molecule has 12 aromatic rings. The van der Waals surface area contributed by atoms with E-state index in [2.05, 4.69) is 150 Å². The summed E-state index contributed by atoms with van der Waals surface area (Å²) < 4.78 is 18.1. The molecule has 7 nitrogen and oxygen atoms in total. The van der Waals surface area contributed by atoms with E-state index in [-0.39, 0.29) is 0 Å². The molecular weight excluding hydrogens is 592 g/mol. The second kappa shape index (κ2) is 8.54. The molecular formula is C41H24N6O. The van der Waals surface area contributed by atoms with Crippen LogP contribution < -0.4 is 0 Å². The largest absolute Gasteiger partial charge is 0.421 e. The molecule has 0 radical (unpaired) electrons. The van der Waals surface area contributed by atoms with Gasteiger partial charge in [-0.3, -0.25) is 22.3 Å². The summed E-state index contributed by atoms with van der Waals surface area (Å²) in [6.45, 7) is 0. The summed E-state index contributed by atoms with van der Waals surface area (Å²) in [5, 5.41) is 2.41. The number of aromatic nitrogens is 6. The zero-order chi connectivity index (χ0) is 31.1. The van der Waals surface area contributed by atoms with Crippen molar-refractivity contribution in [3.8, 4) is 11.4 Å². The third kappa shape index (κ3) is 2.92. The molecule has 6 heterocycles. The highest BCUT2D eigenvalue weighted by Gasteiger charge is 2.22. The van der Waals surface area contributed by atoms with Gasteiger partial charge in [0.2, 0.25) is 0 Å². The molecule has 0 saturated carbocycles. The van der Waals surface area contributed by atoms with Gasteiger partial charge in [-0.1, -0.05) is 66.7 Å². The third-order valence-electron chi connectivity index (χ3n) is 10.1. The predicted octanol–water partition coefficient (Wildman–Crippen LogP) is 9.93. The summed E-state index contributed by atoms with van der Waals surface area (Å²) in [5.74, 6) is 0.597. The van der Waals surface area contributed by atoms with Crippen molar-refractivity contribution in [1.82, 2.24) is 27.3 Å². The van der Waals surface area contributed by atoms with Gasteiger partial charge in [0, 0.05) is 16.5 Å². The number of imidazole rings is 3. The van der Waals surface area contributed by atoms with E-state index in [4.69, 9.17) is 9.40 Å². The minimum atomic E-state index is 0.597. The van der Waals surface area contributed by atoms with E-state index in [1.165, 1.54) is 27.3 Å².